The Kier molecular flexibility index (Phi) is 2.91. The van der Waals surface area contributed by atoms with Crippen LogP contribution in [0.3, 0.4) is 0 Å². The molecular weight excluding hydrogens is 288 g/mol. The van der Waals surface area contributed by atoms with Crippen molar-refractivity contribution in [3.05, 3.63) is 66.2 Å². The van der Waals surface area contributed by atoms with E-state index in [2.05, 4.69) is 0 Å². The standard InChI is InChI=1S/C20H16O3/c1-20(2)22-16-12-14-10-6-7-11-15(14)17(18(16)19(21)23-20)13-8-4-3-5-9-13/h3-12H,1-2H3. The molecule has 0 unspecified atom stereocenters. The first kappa shape index (κ1) is 13.8. The summed E-state index contributed by atoms with van der Waals surface area (Å²) in [5, 5.41) is 2.05. The number of ether oxygens (including phenoxy) is 2. The Morgan fingerprint density at radius 2 is 1.52 bits per heavy atom. The van der Waals surface area contributed by atoms with Crippen molar-refractivity contribution in [3.8, 4) is 16.9 Å². The van der Waals surface area contributed by atoms with E-state index < -0.39 is 5.79 Å². The summed E-state index contributed by atoms with van der Waals surface area (Å²) in [6.45, 7) is 3.48. The van der Waals surface area contributed by atoms with Crippen molar-refractivity contribution in [3.63, 3.8) is 0 Å². The van der Waals surface area contributed by atoms with E-state index in [0.717, 1.165) is 21.9 Å². The monoisotopic (exact) mass is 304 g/mol. The SMILES string of the molecule is CC1(C)OC(=O)c2c(cc3ccccc3c2-c2ccccc2)O1. The smallest absolute Gasteiger partial charge is 0.345 e. The van der Waals surface area contributed by atoms with Crippen molar-refractivity contribution in [1.29, 1.82) is 0 Å². The van der Waals surface area contributed by atoms with Crippen molar-refractivity contribution in [2.45, 2.75) is 19.6 Å². The molecule has 0 saturated heterocycles. The molecule has 0 aromatic heterocycles. The van der Waals surface area contributed by atoms with Gasteiger partial charge in [0.1, 0.15) is 11.3 Å². The molecule has 0 amide bonds. The number of carbonyl (C=O) groups excluding carboxylic acids is 1. The van der Waals surface area contributed by atoms with Gasteiger partial charge in [-0.1, -0.05) is 54.6 Å². The molecule has 0 saturated carbocycles. The van der Waals surface area contributed by atoms with Gasteiger partial charge in [-0.3, -0.25) is 0 Å². The molecule has 23 heavy (non-hydrogen) atoms. The van der Waals surface area contributed by atoms with Gasteiger partial charge in [-0.25, -0.2) is 4.79 Å². The lowest BCUT2D eigenvalue weighted by Crippen LogP contribution is -2.39. The fourth-order valence-corrected chi connectivity index (χ4v) is 3.07. The maximum absolute atomic E-state index is 12.6. The third kappa shape index (κ3) is 2.25. The zero-order chi connectivity index (χ0) is 16.0. The van der Waals surface area contributed by atoms with Crippen LogP contribution in [-0.4, -0.2) is 11.8 Å². The van der Waals surface area contributed by atoms with E-state index in [1.165, 1.54) is 0 Å². The zero-order valence-corrected chi connectivity index (χ0v) is 13.0. The second-order valence-corrected chi connectivity index (χ2v) is 6.10. The van der Waals surface area contributed by atoms with Gasteiger partial charge in [0.15, 0.2) is 0 Å². The molecule has 0 bridgehead atoms. The molecular formula is C20H16O3. The Hall–Kier alpha value is -2.81. The van der Waals surface area contributed by atoms with Crippen LogP contribution < -0.4 is 4.74 Å². The summed E-state index contributed by atoms with van der Waals surface area (Å²) >= 11 is 0. The van der Waals surface area contributed by atoms with Crippen LogP contribution in [0.5, 0.6) is 5.75 Å². The van der Waals surface area contributed by atoms with Gasteiger partial charge in [-0.2, -0.15) is 0 Å². The van der Waals surface area contributed by atoms with Crippen molar-refractivity contribution in [2.24, 2.45) is 0 Å². The number of benzene rings is 3. The Labute approximate surface area is 134 Å². The normalized spacial score (nSPS) is 15.7. The highest BCUT2D eigenvalue weighted by atomic mass is 16.7. The number of cyclic esters (lactones) is 1. The van der Waals surface area contributed by atoms with Crippen LogP contribution in [0.4, 0.5) is 0 Å². The van der Waals surface area contributed by atoms with E-state index in [1.54, 1.807) is 13.8 Å². The highest BCUT2D eigenvalue weighted by molar-refractivity contribution is 6.11. The molecule has 0 fully saturated rings. The summed E-state index contributed by atoms with van der Waals surface area (Å²) < 4.78 is 11.4. The molecule has 1 heterocycles. The first-order valence-electron chi connectivity index (χ1n) is 7.59. The van der Waals surface area contributed by atoms with Crippen molar-refractivity contribution in [1.82, 2.24) is 0 Å². The molecule has 0 N–H and O–H groups in total. The minimum atomic E-state index is -0.958. The predicted molar refractivity (Wildman–Crippen MR) is 89.5 cm³/mol. The van der Waals surface area contributed by atoms with Crippen molar-refractivity contribution >= 4 is 16.7 Å². The average Bonchev–Trinajstić information content (AvgIpc) is 2.52. The molecule has 0 radical (unpaired) electrons. The number of hydrogen-bond donors (Lipinski definition) is 0. The third-order valence-corrected chi connectivity index (χ3v) is 3.97. The third-order valence-electron chi connectivity index (χ3n) is 3.97. The van der Waals surface area contributed by atoms with Crippen LogP contribution in [0, 0.1) is 0 Å². The van der Waals surface area contributed by atoms with Crippen LogP contribution in [0.25, 0.3) is 21.9 Å². The summed E-state index contributed by atoms with van der Waals surface area (Å²) in [7, 11) is 0. The molecule has 3 aromatic rings. The first-order chi connectivity index (χ1) is 11.1. The van der Waals surface area contributed by atoms with E-state index in [0.29, 0.717) is 11.3 Å². The van der Waals surface area contributed by atoms with Gasteiger partial charge < -0.3 is 9.47 Å². The second-order valence-electron chi connectivity index (χ2n) is 6.10. The quantitative estimate of drug-likeness (QED) is 0.606. The lowest BCUT2D eigenvalue weighted by molar-refractivity contribution is -0.127. The van der Waals surface area contributed by atoms with Crippen LogP contribution in [0.2, 0.25) is 0 Å². The minimum absolute atomic E-state index is 0.346. The highest BCUT2D eigenvalue weighted by Gasteiger charge is 2.36. The predicted octanol–water partition coefficient (Wildman–Crippen LogP) is 4.79. The summed E-state index contributed by atoms with van der Waals surface area (Å²) in [5.74, 6) is -0.731. The van der Waals surface area contributed by atoms with Crippen molar-refractivity contribution in [2.75, 3.05) is 0 Å². The summed E-state index contributed by atoms with van der Waals surface area (Å²) in [5.41, 5.74) is 2.33. The topological polar surface area (TPSA) is 35.5 Å². The van der Waals surface area contributed by atoms with Crippen LogP contribution in [0.1, 0.15) is 24.2 Å². The Morgan fingerprint density at radius 3 is 2.30 bits per heavy atom. The molecule has 0 aliphatic carbocycles. The van der Waals surface area contributed by atoms with E-state index in [9.17, 15) is 4.79 Å². The van der Waals surface area contributed by atoms with E-state index in [4.69, 9.17) is 9.47 Å². The lowest BCUT2D eigenvalue weighted by atomic mass is 9.92. The van der Waals surface area contributed by atoms with E-state index in [1.807, 2.05) is 60.7 Å². The minimum Gasteiger partial charge on any atom is -0.452 e. The van der Waals surface area contributed by atoms with Crippen LogP contribution in [0.15, 0.2) is 60.7 Å². The fraction of sp³-hybridized carbons (Fsp3) is 0.150. The molecule has 0 spiro atoms. The molecule has 3 heteroatoms. The highest BCUT2D eigenvalue weighted by Crippen LogP contribution is 2.42. The maximum Gasteiger partial charge on any atom is 0.345 e. The van der Waals surface area contributed by atoms with E-state index >= 15 is 0 Å². The molecule has 1 aliphatic heterocycles. The Bertz CT molecular complexity index is 911. The van der Waals surface area contributed by atoms with Crippen molar-refractivity contribution < 1.29 is 14.3 Å². The number of carbonyl (C=O) groups is 1. The second kappa shape index (κ2) is 4.85. The number of esters is 1. The lowest BCUT2D eigenvalue weighted by Gasteiger charge is -2.33. The molecule has 114 valence electrons. The van der Waals surface area contributed by atoms with Gasteiger partial charge in [0.2, 0.25) is 5.79 Å². The van der Waals surface area contributed by atoms with Gasteiger partial charge in [0, 0.05) is 19.4 Å². The van der Waals surface area contributed by atoms with Gasteiger partial charge >= 0.3 is 5.97 Å². The molecule has 3 aromatic carbocycles. The molecule has 4 rings (SSSR count). The van der Waals surface area contributed by atoms with Gasteiger partial charge in [-0.05, 0) is 22.4 Å². The van der Waals surface area contributed by atoms with Crippen LogP contribution in [-0.2, 0) is 4.74 Å². The average molecular weight is 304 g/mol. The number of hydrogen-bond acceptors (Lipinski definition) is 3. The van der Waals surface area contributed by atoms with E-state index in [-0.39, 0.29) is 5.97 Å². The zero-order valence-electron chi connectivity index (χ0n) is 13.0. The van der Waals surface area contributed by atoms with Crippen LogP contribution >= 0.6 is 0 Å². The molecule has 1 aliphatic rings. The largest absolute Gasteiger partial charge is 0.452 e. The van der Waals surface area contributed by atoms with Gasteiger partial charge in [-0.15, -0.1) is 0 Å². The molecule has 3 nitrogen and oxygen atoms in total. The van der Waals surface area contributed by atoms with Gasteiger partial charge in [0.25, 0.3) is 0 Å². The maximum atomic E-state index is 12.6. The Morgan fingerprint density at radius 1 is 0.826 bits per heavy atom. The number of rotatable bonds is 1. The molecule has 0 atom stereocenters. The number of fused-ring (bicyclic) bond motifs is 2. The Balaban J connectivity index is 2.11. The fourth-order valence-electron chi connectivity index (χ4n) is 3.07. The summed E-state index contributed by atoms with van der Waals surface area (Å²) in [6, 6.07) is 19.8. The van der Waals surface area contributed by atoms with Gasteiger partial charge in [0.05, 0.1) is 0 Å². The summed E-state index contributed by atoms with van der Waals surface area (Å²) in [4.78, 5) is 12.6. The first-order valence-corrected chi connectivity index (χ1v) is 7.59. The summed E-state index contributed by atoms with van der Waals surface area (Å²) in [6.07, 6.45) is 0.